The largest absolute Gasteiger partial charge is 1.00 e. The van der Waals surface area contributed by atoms with Crippen molar-refractivity contribution in [2.24, 2.45) is 0 Å². The molecule has 56 heavy (non-hydrogen) atoms. The van der Waals surface area contributed by atoms with Gasteiger partial charge in [-0.05, 0) is 0 Å². The smallest absolute Gasteiger partial charge is 1.00 e. The number of allylic oxidation sites excluding steroid dienone is 4. The van der Waals surface area contributed by atoms with Crippen LogP contribution in [-0.2, 0) is 32.1 Å². The van der Waals surface area contributed by atoms with Gasteiger partial charge in [0.15, 0.2) is 0 Å². The second kappa shape index (κ2) is 18.3. The summed E-state index contributed by atoms with van der Waals surface area (Å²) in [7, 11) is 0. The average Bonchev–Trinajstić information content (AvgIpc) is 3.70. The van der Waals surface area contributed by atoms with Crippen LogP contribution in [0.4, 0.5) is 0 Å². The maximum Gasteiger partial charge on any atom is -1.00 e. The standard InChI is InChI=1S/C39H45.C9H18.C5H5.2ClH.Zr/c1-22-13-24(3)36(25(4)14-22)32-18-28-17-29-19-33(37-26(5)15-23(2)16-27(37)6)35(39(10,11)12)21-31(29)30(28)20-34(32)38(7,8)9;1-3-5-7-9-8-6-4-2;1-2-4-5-3-1;;;/h13-21H,1-12H3;3-8H2,1-2H3;1-3H,4H2;2*1H;/q;;;;;+2/p-2. The van der Waals surface area contributed by atoms with E-state index in [4.69, 9.17) is 0 Å². The first kappa shape index (κ1) is 46.4. The van der Waals surface area contributed by atoms with Crippen LogP contribution in [0.3, 0.4) is 0 Å². The summed E-state index contributed by atoms with van der Waals surface area (Å²) < 4.78 is 4.23. The van der Waals surface area contributed by atoms with Gasteiger partial charge in [-0.15, -0.1) is 0 Å². The van der Waals surface area contributed by atoms with Crippen molar-refractivity contribution >= 4 is 3.21 Å². The maximum absolute atomic E-state index is 2.74. The van der Waals surface area contributed by atoms with Crippen LogP contribution < -0.4 is 24.8 Å². The quantitative estimate of drug-likeness (QED) is 0.149. The zero-order valence-corrected chi connectivity index (χ0v) is 41.1. The number of aryl methyl sites for hydroxylation is 6. The summed E-state index contributed by atoms with van der Waals surface area (Å²) in [5, 5.41) is 0. The number of halogens is 2. The number of benzene rings is 4. The molecule has 0 radical (unpaired) electrons. The molecule has 298 valence electrons. The molecule has 0 N–H and O–H groups in total. The monoisotopic (exact) mass is 864 g/mol. The van der Waals surface area contributed by atoms with E-state index in [1.54, 1.807) is 14.4 Å². The van der Waals surface area contributed by atoms with Crippen molar-refractivity contribution in [3.63, 3.8) is 0 Å². The van der Waals surface area contributed by atoms with Gasteiger partial charge in [-0.25, -0.2) is 0 Å². The molecule has 2 aliphatic carbocycles. The number of fused-ring (bicyclic) bond motifs is 3. The van der Waals surface area contributed by atoms with Crippen LogP contribution >= 0.6 is 0 Å². The van der Waals surface area contributed by atoms with E-state index in [0.29, 0.717) is 3.63 Å². The molecule has 0 aromatic heterocycles. The molecule has 0 aliphatic heterocycles. The summed E-state index contributed by atoms with van der Waals surface area (Å²) in [6.07, 6.45) is 16.3. The first-order chi connectivity index (χ1) is 25.5. The molecule has 6 rings (SSSR count). The molecule has 2 aliphatic rings. The van der Waals surface area contributed by atoms with Gasteiger partial charge in [0.1, 0.15) is 0 Å². The molecule has 0 bridgehead atoms. The van der Waals surface area contributed by atoms with Crippen LogP contribution in [0.5, 0.6) is 0 Å². The fourth-order valence-electron chi connectivity index (χ4n) is 9.96. The van der Waals surface area contributed by atoms with Gasteiger partial charge in [-0.2, -0.15) is 0 Å². The Morgan fingerprint density at radius 2 is 0.964 bits per heavy atom. The third-order valence-electron chi connectivity index (χ3n) is 12.3. The molecule has 0 spiro atoms. The molecule has 0 atom stereocenters. The third kappa shape index (κ3) is 9.12. The maximum atomic E-state index is 2.74. The van der Waals surface area contributed by atoms with Gasteiger partial charge in [0.25, 0.3) is 0 Å². The van der Waals surface area contributed by atoms with Crippen LogP contribution in [-0.4, -0.2) is 3.21 Å². The summed E-state index contributed by atoms with van der Waals surface area (Å²) in [6, 6.07) is 20.4. The number of hydrogen-bond acceptors (Lipinski definition) is 0. The summed E-state index contributed by atoms with van der Waals surface area (Å²) in [4.78, 5) is 0. The zero-order chi connectivity index (χ0) is 39.3. The molecule has 0 saturated heterocycles. The second-order valence-electron chi connectivity index (χ2n) is 19.0. The van der Waals surface area contributed by atoms with Gasteiger partial charge in [0, 0.05) is 0 Å². The topological polar surface area (TPSA) is 0 Å². The van der Waals surface area contributed by atoms with Crippen molar-refractivity contribution in [1.82, 2.24) is 0 Å². The van der Waals surface area contributed by atoms with Gasteiger partial charge in [0.05, 0.1) is 0 Å². The molecule has 4 aromatic carbocycles. The Hall–Kier alpha value is -2.31. The van der Waals surface area contributed by atoms with E-state index in [9.17, 15) is 0 Å². The fourth-order valence-corrected chi connectivity index (χ4v) is 19.4. The Balaban J connectivity index is 0.00000348. The van der Waals surface area contributed by atoms with Gasteiger partial charge < -0.3 is 24.8 Å². The fraction of sp³-hybridized carbons (Fsp3) is 0.453. The van der Waals surface area contributed by atoms with Crippen molar-refractivity contribution in [2.75, 3.05) is 0 Å². The average molecular weight is 867 g/mol. The molecular formula is C53H68Cl2Zr. The van der Waals surface area contributed by atoms with Crippen LogP contribution in [0.25, 0.3) is 33.4 Å². The minimum absolute atomic E-state index is 0. The van der Waals surface area contributed by atoms with Crippen molar-refractivity contribution < 1.29 is 46.1 Å². The Morgan fingerprint density at radius 1 is 0.571 bits per heavy atom. The summed E-state index contributed by atoms with van der Waals surface area (Å²) in [5.41, 5.74) is 23.3. The summed E-state index contributed by atoms with van der Waals surface area (Å²) in [5.74, 6) is 0. The molecule has 0 amide bonds. The first-order valence-electron chi connectivity index (χ1n) is 21.1. The summed E-state index contributed by atoms with van der Waals surface area (Å²) in [6.45, 7) is 33.2. The van der Waals surface area contributed by atoms with Gasteiger partial charge in [0.2, 0.25) is 0 Å². The molecule has 0 nitrogen and oxygen atoms in total. The second-order valence-corrected chi connectivity index (χ2v) is 25.8. The molecular weight excluding hydrogens is 799 g/mol. The predicted molar refractivity (Wildman–Crippen MR) is 236 cm³/mol. The Labute approximate surface area is 362 Å². The minimum atomic E-state index is -2.54. The Bertz CT molecular complexity index is 2010. The van der Waals surface area contributed by atoms with Crippen molar-refractivity contribution in [3.8, 4) is 33.4 Å². The summed E-state index contributed by atoms with van der Waals surface area (Å²) >= 11 is -2.54. The van der Waals surface area contributed by atoms with Crippen LogP contribution in [0, 0.1) is 41.5 Å². The van der Waals surface area contributed by atoms with Gasteiger partial charge in [-0.1, -0.05) is 0 Å². The van der Waals surface area contributed by atoms with E-state index >= 15 is 0 Å². The molecule has 0 saturated carbocycles. The third-order valence-corrected chi connectivity index (χ3v) is 20.9. The van der Waals surface area contributed by atoms with E-state index in [-0.39, 0.29) is 35.6 Å². The Morgan fingerprint density at radius 3 is 1.29 bits per heavy atom. The van der Waals surface area contributed by atoms with E-state index in [2.05, 4.69) is 164 Å². The molecule has 4 aromatic rings. The number of unbranched alkanes of at least 4 members (excludes halogenated alkanes) is 2. The van der Waals surface area contributed by atoms with Crippen LogP contribution in [0.1, 0.15) is 160 Å². The SMILES string of the molecule is CCCC[C](CCCC)=[Zr+2]([C]1=CC=CC1)[CH]1c2cc(-c3c(C)cc(C)cc3C)c(C(C)(C)C)cc2-c2cc(C(C)(C)C)c(-c3c(C)cc(C)cc3C)cc21.[Cl-].[Cl-]. The Kier molecular flexibility index (Phi) is 15.2. The van der Waals surface area contributed by atoms with Gasteiger partial charge in [-0.3, -0.25) is 0 Å². The molecule has 0 unspecified atom stereocenters. The zero-order valence-electron chi connectivity index (χ0n) is 37.1. The van der Waals surface area contributed by atoms with E-state index in [1.807, 2.05) is 3.21 Å². The number of rotatable bonds is 10. The normalized spacial score (nSPS) is 13.4. The molecule has 3 heteroatoms. The first-order valence-corrected chi connectivity index (χ1v) is 25.0. The molecule has 0 heterocycles. The minimum Gasteiger partial charge on any atom is -1.00 e. The van der Waals surface area contributed by atoms with Crippen molar-refractivity contribution in [2.45, 2.75) is 156 Å². The van der Waals surface area contributed by atoms with E-state index in [1.165, 1.54) is 116 Å². The van der Waals surface area contributed by atoms with Crippen molar-refractivity contribution in [1.29, 1.82) is 0 Å². The van der Waals surface area contributed by atoms with Gasteiger partial charge >= 0.3 is 340 Å². The van der Waals surface area contributed by atoms with Crippen LogP contribution in [0.15, 0.2) is 70.0 Å². The number of hydrogen-bond donors (Lipinski definition) is 0. The predicted octanol–water partition coefficient (Wildman–Crippen LogP) is 9.56. The van der Waals surface area contributed by atoms with Crippen LogP contribution in [0.2, 0.25) is 0 Å². The van der Waals surface area contributed by atoms with Crippen molar-refractivity contribution in [3.05, 3.63) is 126 Å². The van der Waals surface area contributed by atoms with E-state index < -0.39 is 21.3 Å². The molecule has 0 fully saturated rings. The van der Waals surface area contributed by atoms with E-state index in [0.717, 1.165) is 6.42 Å².